The number of benzene rings is 1. The van der Waals surface area contributed by atoms with Crippen molar-refractivity contribution in [3.63, 3.8) is 0 Å². The molecule has 0 spiro atoms. The van der Waals surface area contributed by atoms with Crippen molar-refractivity contribution in [1.29, 1.82) is 0 Å². The predicted molar refractivity (Wildman–Crippen MR) is 85.1 cm³/mol. The summed E-state index contributed by atoms with van der Waals surface area (Å²) in [6.07, 6.45) is 4.58. The average molecular weight is 312 g/mol. The standard InChI is InChI=1S/C17H16N2O4/c1-11(20)4-5-12-6-8-13(9-7-12)10-14-15(21)18(2)17(23)19(3)16(14)22/h4-10H,1-3H3/b5-4+. The van der Waals surface area contributed by atoms with E-state index < -0.39 is 17.8 Å². The van der Waals surface area contributed by atoms with Crippen molar-refractivity contribution in [3.05, 3.63) is 47.0 Å². The van der Waals surface area contributed by atoms with Crippen molar-refractivity contribution in [1.82, 2.24) is 9.80 Å². The number of barbiturate groups is 1. The average Bonchev–Trinajstić information content (AvgIpc) is 2.54. The summed E-state index contributed by atoms with van der Waals surface area (Å²) in [6, 6.07) is 6.33. The molecule has 1 heterocycles. The van der Waals surface area contributed by atoms with Crippen LogP contribution in [0.25, 0.3) is 12.2 Å². The fourth-order valence-electron chi connectivity index (χ4n) is 2.06. The molecule has 2 rings (SSSR count). The fraction of sp³-hybridized carbons (Fsp3) is 0.176. The van der Waals surface area contributed by atoms with Crippen LogP contribution in [0, 0.1) is 0 Å². The van der Waals surface area contributed by atoms with Crippen LogP contribution in [-0.4, -0.2) is 47.5 Å². The van der Waals surface area contributed by atoms with E-state index in [-0.39, 0.29) is 11.4 Å². The normalized spacial score (nSPS) is 15.6. The van der Waals surface area contributed by atoms with Gasteiger partial charge in [0, 0.05) is 14.1 Å². The third-order valence-corrected chi connectivity index (χ3v) is 3.40. The summed E-state index contributed by atoms with van der Waals surface area (Å²) >= 11 is 0. The number of rotatable bonds is 3. The molecule has 0 bridgehead atoms. The molecule has 1 fully saturated rings. The number of hydrogen-bond donors (Lipinski definition) is 0. The molecule has 4 amide bonds. The van der Waals surface area contributed by atoms with Gasteiger partial charge in [0.05, 0.1) is 0 Å². The van der Waals surface area contributed by atoms with Gasteiger partial charge in [0.25, 0.3) is 11.8 Å². The zero-order chi connectivity index (χ0) is 17.1. The minimum Gasteiger partial charge on any atom is -0.295 e. The zero-order valence-corrected chi connectivity index (χ0v) is 13.1. The highest BCUT2D eigenvalue weighted by atomic mass is 16.2. The molecule has 1 aromatic rings. The molecular formula is C17H16N2O4. The van der Waals surface area contributed by atoms with Gasteiger partial charge in [0.2, 0.25) is 0 Å². The van der Waals surface area contributed by atoms with E-state index >= 15 is 0 Å². The minimum absolute atomic E-state index is 0.0506. The Morgan fingerprint density at radius 2 is 1.39 bits per heavy atom. The molecule has 1 aliphatic rings. The smallest absolute Gasteiger partial charge is 0.295 e. The van der Waals surface area contributed by atoms with Gasteiger partial charge in [-0.25, -0.2) is 4.79 Å². The first kappa shape index (κ1) is 16.4. The molecule has 1 aliphatic heterocycles. The van der Waals surface area contributed by atoms with Gasteiger partial charge in [-0.1, -0.05) is 30.3 Å². The molecule has 0 radical (unpaired) electrons. The van der Waals surface area contributed by atoms with Crippen molar-refractivity contribution in [2.75, 3.05) is 14.1 Å². The van der Waals surface area contributed by atoms with Crippen LogP contribution in [-0.2, 0) is 14.4 Å². The highest BCUT2D eigenvalue weighted by Gasteiger charge is 2.37. The molecule has 0 saturated carbocycles. The third-order valence-electron chi connectivity index (χ3n) is 3.40. The monoisotopic (exact) mass is 312 g/mol. The minimum atomic E-state index is -0.651. The van der Waals surface area contributed by atoms with Crippen LogP contribution in [0.15, 0.2) is 35.9 Å². The second-order valence-corrected chi connectivity index (χ2v) is 5.18. The lowest BCUT2D eigenvalue weighted by Gasteiger charge is -2.28. The number of carbonyl (C=O) groups excluding carboxylic acids is 4. The molecule has 0 aliphatic carbocycles. The van der Waals surface area contributed by atoms with Gasteiger partial charge in [0.1, 0.15) is 5.57 Å². The Kier molecular flexibility index (Phi) is 4.55. The molecule has 1 aromatic carbocycles. The van der Waals surface area contributed by atoms with E-state index in [9.17, 15) is 19.2 Å². The summed E-state index contributed by atoms with van der Waals surface area (Å²) in [5.74, 6) is -1.30. The molecule has 1 saturated heterocycles. The van der Waals surface area contributed by atoms with Crippen molar-refractivity contribution in [2.45, 2.75) is 6.92 Å². The first-order chi connectivity index (χ1) is 10.8. The van der Waals surface area contributed by atoms with E-state index in [4.69, 9.17) is 0 Å². The molecule has 0 unspecified atom stereocenters. The molecule has 6 heteroatoms. The van der Waals surface area contributed by atoms with E-state index in [0.717, 1.165) is 15.4 Å². The first-order valence-corrected chi connectivity index (χ1v) is 6.91. The molecule has 0 atom stereocenters. The van der Waals surface area contributed by atoms with E-state index in [2.05, 4.69) is 0 Å². The Morgan fingerprint density at radius 1 is 0.913 bits per heavy atom. The van der Waals surface area contributed by atoms with Crippen LogP contribution in [0.4, 0.5) is 4.79 Å². The Hall–Kier alpha value is -3.02. The number of hydrogen-bond acceptors (Lipinski definition) is 4. The van der Waals surface area contributed by atoms with Gasteiger partial charge >= 0.3 is 6.03 Å². The maximum absolute atomic E-state index is 12.1. The summed E-state index contributed by atoms with van der Waals surface area (Å²) in [4.78, 5) is 48.5. The number of carbonyl (C=O) groups is 4. The maximum atomic E-state index is 12.1. The van der Waals surface area contributed by atoms with Crippen LogP contribution in [0.2, 0.25) is 0 Å². The van der Waals surface area contributed by atoms with Gasteiger partial charge < -0.3 is 0 Å². The quantitative estimate of drug-likeness (QED) is 0.629. The van der Waals surface area contributed by atoms with E-state index in [1.807, 2.05) is 0 Å². The Balaban J connectivity index is 2.30. The molecule has 0 N–H and O–H groups in total. The molecule has 118 valence electrons. The molecule has 6 nitrogen and oxygen atoms in total. The summed E-state index contributed by atoms with van der Waals surface area (Å²) in [6.45, 7) is 1.46. The molecular weight excluding hydrogens is 296 g/mol. The Bertz CT molecular complexity index is 718. The number of ketones is 1. The van der Waals surface area contributed by atoms with Crippen LogP contribution in [0.3, 0.4) is 0 Å². The summed E-state index contributed by atoms with van der Waals surface area (Å²) < 4.78 is 0. The van der Waals surface area contributed by atoms with Gasteiger partial charge in [-0.05, 0) is 30.2 Å². The number of nitrogens with zero attached hydrogens (tertiary/aromatic N) is 2. The SMILES string of the molecule is CC(=O)/C=C/c1ccc(C=C2C(=O)N(C)C(=O)N(C)C2=O)cc1. The zero-order valence-electron chi connectivity index (χ0n) is 13.1. The van der Waals surface area contributed by atoms with E-state index in [0.29, 0.717) is 5.56 Å². The number of allylic oxidation sites excluding steroid dienone is 1. The lowest BCUT2D eigenvalue weighted by Crippen LogP contribution is -2.52. The van der Waals surface area contributed by atoms with E-state index in [1.165, 1.54) is 33.2 Å². The van der Waals surface area contributed by atoms with Crippen LogP contribution >= 0.6 is 0 Å². The lowest BCUT2D eigenvalue weighted by molar-refractivity contribution is -0.134. The van der Waals surface area contributed by atoms with E-state index in [1.54, 1.807) is 30.3 Å². The van der Waals surface area contributed by atoms with Gasteiger partial charge in [-0.3, -0.25) is 24.2 Å². The van der Waals surface area contributed by atoms with Crippen molar-refractivity contribution in [2.24, 2.45) is 0 Å². The molecule has 23 heavy (non-hydrogen) atoms. The highest BCUT2D eigenvalue weighted by Crippen LogP contribution is 2.18. The summed E-state index contributed by atoms with van der Waals surface area (Å²) in [7, 11) is 2.66. The number of amides is 4. The number of imide groups is 2. The van der Waals surface area contributed by atoms with Crippen LogP contribution < -0.4 is 0 Å². The second-order valence-electron chi connectivity index (χ2n) is 5.18. The van der Waals surface area contributed by atoms with Crippen molar-refractivity contribution in [3.8, 4) is 0 Å². The van der Waals surface area contributed by atoms with Crippen molar-refractivity contribution >= 4 is 35.8 Å². The van der Waals surface area contributed by atoms with Gasteiger partial charge in [-0.15, -0.1) is 0 Å². The highest BCUT2D eigenvalue weighted by molar-refractivity contribution is 6.30. The summed E-state index contributed by atoms with van der Waals surface area (Å²) in [5.41, 5.74) is 1.41. The Morgan fingerprint density at radius 3 is 1.87 bits per heavy atom. The number of likely N-dealkylation sites (N-methyl/N-ethyl adjacent to an activating group) is 2. The largest absolute Gasteiger partial charge is 0.333 e. The number of urea groups is 1. The van der Waals surface area contributed by atoms with Crippen molar-refractivity contribution < 1.29 is 19.2 Å². The first-order valence-electron chi connectivity index (χ1n) is 6.91. The van der Waals surface area contributed by atoms with Gasteiger partial charge in [0.15, 0.2) is 5.78 Å². The van der Waals surface area contributed by atoms with Crippen LogP contribution in [0.5, 0.6) is 0 Å². The second kappa shape index (κ2) is 6.39. The summed E-state index contributed by atoms with van der Waals surface area (Å²) in [5, 5.41) is 0. The van der Waals surface area contributed by atoms with Gasteiger partial charge in [-0.2, -0.15) is 0 Å². The third kappa shape index (κ3) is 3.42. The lowest BCUT2D eigenvalue weighted by atomic mass is 10.1. The Labute approximate surface area is 133 Å². The predicted octanol–water partition coefficient (Wildman–Crippen LogP) is 1.72. The fourth-order valence-corrected chi connectivity index (χ4v) is 2.06. The van der Waals surface area contributed by atoms with Crippen LogP contribution in [0.1, 0.15) is 18.1 Å². The molecule has 0 aromatic heterocycles. The maximum Gasteiger partial charge on any atom is 0.333 e. The topological polar surface area (TPSA) is 74.8 Å².